The Morgan fingerprint density at radius 2 is 2.19 bits per heavy atom. The Bertz CT molecular complexity index is 278. The van der Waals surface area contributed by atoms with Gasteiger partial charge in [-0.3, -0.25) is 5.43 Å². The lowest BCUT2D eigenvalue weighted by Crippen LogP contribution is -2.35. The molecule has 0 unspecified atom stereocenters. The summed E-state index contributed by atoms with van der Waals surface area (Å²) in [7, 11) is 1.99. The third kappa shape index (κ3) is 4.49. The predicted octanol–water partition coefficient (Wildman–Crippen LogP) is 2.87. The number of unbranched alkanes of at least 4 members (excludes halogenated alkanes) is 3. The van der Waals surface area contributed by atoms with Crippen molar-refractivity contribution >= 4 is 29.2 Å². The monoisotopic (exact) mass is 264 g/mol. The maximum Gasteiger partial charge on any atom is 0.154 e. The standard InChI is InChI=1S/C10H18Cl2N4/c1-3-4-5-6-7-15(2)10-8-9(11)13-16(12)14-10/h8,13H,3-7H2,1-2H3. The summed E-state index contributed by atoms with van der Waals surface area (Å²) in [5.74, 6) is 0.773. The molecule has 0 fully saturated rings. The zero-order valence-electron chi connectivity index (χ0n) is 9.71. The molecule has 1 N–H and O–H groups in total. The zero-order chi connectivity index (χ0) is 12.0. The van der Waals surface area contributed by atoms with E-state index in [0.717, 1.165) is 23.4 Å². The molecule has 4 nitrogen and oxygen atoms in total. The maximum atomic E-state index is 5.85. The highest BCUT2D eigenvalue weighted by Gasteiger charge is 2.12. The molecule has 1 aliphatic rings. The number of nitrogens with one attached hydrogen (secondary N) is 1. The first-order valence-electron chi connectivity index (χ1n) is 5.53. The minimum Gasteiger partial charge on any atom is -0.358 e. The van der Waals surface area contributed by atoms with Crippen LogP contribution in [-0.2, 0) is 0 Å². The van der Waals surface area contributed by atoms with Gasteiger partial charge in [-0.1, -0.05) is 37.8 Å². The van der Waals surface area contributed by atoms with Crippen LogP contribution in [0.15, 0.2) is 16.3 Å². The Balaban J connectivity index is 2.38. The summed E-state index contributed by atoms with van der Waals surface area (Å²) < 4.78 is 1.10. The Morgan fingerprint density at radius 1 is 1.44 bits per heavy atom. The SMILES string of the molecule is CCCCCCN(C)C1=NN(Cl)NC(Cl)=C1. The van der Waals surface area contributed by atoms with E-state index in [1.807, 2.05) is 11.9 Å². The summed E-state index contributed by atoms with van der Waals surface area (Å²) in [6, 6.07) is 0. The van der Waals surface area contributed by atoms with E-state index in [2.05, 4.69) is 17.5 Å². The van der Waals surface area contributed by atoms with Gasteiger partial charge in [-0.25, -0.2) is 0 Å². The summed E-state index contributed by atoms with van der Waals surface area (Å²) in [6.07, 6.45) is 6.69. The average molecular weight is 265 g/mol. The predicted molar refractivity (Wildman–Crippen MR) is 69.0 cm³/mol. The Morgan fingerprint density at radius 3 is 2.81 bits per heavy atom. The molecule has 16 heavy (non-hydrogen) atoms. The summed E-state index contributed by atoms with van der Waals surface area (Å²) in [6.45, 7) is 3.17. The lowest BCUT2D eigenvalue weighted by atomic mass is 10.2. The van der Waals surface area contributed by atoms with Crippen LogP contribution in [0.4, 0.5) is 0 Å². The number of amidine groups is 1. The second-order valence-corrected chi connectivity index (χ2v) is 4.53. The van der Waals surface area contributed by atoms with Gasteiger partial charge in [0.25, 0.3) is 0 Å². The van der Waals surface area contributed by atoms with Crippen molar-refractivity contribution in [2.24, 2.45) is 5.10 Å². The lowest BCUT2D eigenvalue weighted by molar-refractivity contribution is 0.381. The van der Waals surface area contributed by atoms with Crippen molar-refractivity contribution in [3.8, 4) is 0 Å². The number of likely N-dealkylation sites (N-methyl/N-ethyl adjacent to an activating group) is 1. The molecule has 0 radical (unpaired) electrons. The van der Waals surface area contributed by atoms with E-state index in [9.17, 15) is 0 Å². The van der Waals surface area contributed by atoms with E-state index in [-0.39, 0.29) is 0 Å². The number of hydrazone groups is 1. The van der Waals surface area contributed by atoms with Crippen molar-refractivity contribution in [3.05, 3.63) is 11.2 Å². The first kappa shape index (κ1) is 13.5. The van der Waals surface area contributed by atoms with Gasteiger partial charge in [0.05, 0.1) is 11.8 Å². The van der Waals surface area contributed by atoms with E-state index in [1.165, 1.54) is 19.3 Å². The van der Waals surface area contributed by atoms with Gasteiger partial charge >= 0.3 is 0 Å². The maximum absolute atomic E-state index is 5.85. The molecule has 0 spiro atoms. The number of halogens is 2. The van der Waals surface area contributed by atoms with E-state index in [1.54, 1.807) is 6.08 Å². The molecule has 0 saturated heterocycles. The molecular weight excluding hydrogens is 247 g/mol. The van der Waals surface area contributed by atoms with E-state index in [4.69, 9.17) is 23.4 Å². The van der Waals surface area contributed by atoms with Gasteiger partial charge in [0.15, 0.2) is 5.84 Å². The molecule has 0 aromatic rings. The molecule has 1 heterocycles. The van der Waals surface area contributed by atoms with Crippen LogP contribution in [0.2, 0.25) is 0 Å². The molecule has 92 valence electrons. The summed E-state index contributed by atoms with van der Waals surface area (Å²) in [5.41, 5.74) is 2.65. The number of nitrogens with zero attached hydrogens (tertiary/aromatic N) is 3. The van der Waals surface area contributed by atoms with Crippen LogP contribution in [0.3, 0.4) is 0 Å². The molecule has 0 bridgehead atoms. The summed E-state index contributed by atoms with van der Waals surface area (Å²) >= 11 is 11.6. The van der Waals surface area contributed by atoms with Crippen LogP contribution in [0.5, 0.6) is 0 Å². The molecule has 1 aliphatic heterocycles. The minimum absolute atomic E-state index is 0.473. The third-order valence-electron chi connectivity index (χ3n) is 2.38. The quantitative estimate of drug-likeness (QED) is 0.471. The van der Waals surface area contributed by atoms with Crippen LogP contribution >= 0.6 is 23.4 Å². The van der Waals surface area contributed by atoms with Gasteiger partial charge in [0.1, 0.15) is 5.16 Å². The molecule has 6 heteroatoms. The highest BCUT2D eigenvalue weighted by Crippen LogP contribution is 2.10. The molecule has 0 aromatic heterocycles. The fraction of sp³-hybridized carbons (Fsp3) is 0.700. The number of hydrogen-bond donors (Lipinski definition) is 1. The van der Waals surface area contributed by atoms with Crippen molar-refractivity contribution < 1.29 is 0 Å². The van der Waals surface area contributed by atoms with Gasteiger partial charge in [-0.05, 0) is 6.42 Å². The summed E-state index contributed by atoms with van der Waals surface area (Å²) in [5, 5.41) is 4.57. The molecule has 1 rings (SSSR count). The van der Waals surface area contributed by atoms with E-state index < -0.39 is 0 Å². The Labute approximate surface area is 107 Å². The van der Waals surface area contributed by atoms with Crippen LogP contribution < -0.4 is 5.43 Å². The van der Waals surface area contributed by atoms with Gasteiger partial charge in [-0.15, -0.1) is 9.74 Å². The average Bonchev–Trinajstić information content (AvgIpc) is 2.22. The molecular formula is C10H18Cl2N4. The van der Waals surface area contributed by atoms with E-state index in [0.29, 0.717) is 5.16 Å². The van der Waals surface area contributed by atoms with Crippen molar-refractivity contribution in [1.82, 2.24) is 15.0 Å². The van der Waals surface area contributed by atoms with Crippen LogP contribution in [0, 0.1) is 0 Å². The normalized spacial score (nSPS) is 15.4. The van der Waals surface area contributed by atoms with Crippen molar-refractivity contribution in [2.45, 2.75) is 32.6 Å². The fourth-order valence-corrected chi connectivity index (χ4v) is 1.84. The van der Waals surface area contributed by atoms with Gasteiger partial charge in [-0.2, -0.15) is 0 Å². The highest BCUT2D eigenvalue weighted by atomic mass is 35.5. The molecule has 0 aliphatic carbocycles. The Kier molecular flexibility index (Phi) is 5.77. The third-order valence-corrected chi connectivity index (χ3v) is 2.74. The first-order chi connectivity index (χ1) is 7.63. The smallest absolute Gasteiger partial charge is 0.154 e. The minimum atomic E-state index is 0.473. The highest BCUT2D eigenvalue weighted by molar-refractivity contribution is 6.31. The van der Waals surface area contributed by atoms with Gasteiger partial charge in [0, 0.05) is 19.7 Å². The second-order valence-electron chi connectivity index (χ2n) is 3.80. The van der Waals surface area contributed by atoms with Crippen LogP contribution in [-0.4, -0.2) is 29.0 Å². The van der Waals surface area contributed by atoms with Gasteiger partial charge < -0.3 is 4.90 Å². The van der Waals surface area contributed by atoms with E-state index >= 15 is 0 Å². The number of hydrazine groups is 1. The molecule has 0 amide bonds. The first-order valence-corrected chi connectivity index (χ1v) is 6.24. The zero-order valence-corrected chi connectivity index (χ0v) is 11.2. The summed E-state index contributed by atoms with van der Waals surface area (Å²) in [4.78, 5) is 2.05. The fourth-order valence-electron chi connectivity index (χ4n) is 1.45. The second kappa shape index (κ2) is 6.86. The van der Waals surface area contributed by atoms with Crippen molar-refractivity contribution in [1.29, 1.82) is 0 Å². The van der Waals surface area contributed by atoms with Crippen molar-refractivity contribution in [3.63, 3.8) is 0 Å². The topological polar surface area (TPSA) is 30.9 Å². The van der Waals surface area contributed by atoms with Gasteiger partial charge in [0.2, 0.25) is 0 Å². The molecule has 0 saturated carbocycles. The number of rotatable bonds is 5. The lowest BCUT2D eigenvalue weighted by Gasteiger charge is -2.24. The van der Waals surface area contributed by atoms with Crippen LogP contribution in [0.1, 0.15) is 32.6 Å². The number of hydrogen-bond acceptors (Lipinski definition) is 4. The van der Waals surface area contributed by atoms with Crippen LogP contribution in [0.25, 0.3) is 0 Å². The largest absolute Gasteiger partial charge is 0.358 e. The Hall–Kier alpha value is -0.610. The molecule has 0 aromatic carbocycles. The molecule has 0 atom stereocenters. The van der Waals surface area contributed by atoms with Crippen molar-refractivity contribution in [2.75, 3.05) is 13.6 Å².